The number of ketones is 1. The van der Waals surface area contributed by atoms with E-state index in [0.717, 1.165) is 25.7 Å². The van der Waals surface area contributed by atoms with Crippen molar-refractivity contribution in [3.05, 3.63) is 12.2 Å². The summed E-state index contributed by atoms with van der Waals surface area (Å²) in [6.45, 7) is 6.28. The average molecular weight is 194 g/mol. The molecule has 1 nitrogen and oxygen atoms in total. The number of hydrogen-bond acceptors (Lipinski definition) is 1. The highest BCUT2D eigenvalue weighted by molar-refractivity contribution is 5.84. The lowest BCUT2D eigenvalue weighted by Crippen LogP contribution is -2.20. The molecule has 0 radical (unpaired) electrons. The molecule has 0 aliphatic heterocycles. The molecule has 0 amide bonds. The van der Waals surface area contributed by atoms with Crippen LogP contribution >= 0.6 is 0 Å². The first kappa shape index (κ1) is 11.5. The standard InChI is InChI=1S/C13H22O/c1-3-4-5-8-11(2)12-9-6-7-10-13(12)14/h12H,2-10H2,1H3. The van der Waals surface area contributed by atoms with E-state index >= 15 is 0 Å². The maximum Gasteiger partial charge on any atom is 0.139 e. The summed E-state index contributed by atoms with van der Waals surface area (Å²) in [5.74, 6) is 0.651. The van der Waals surface area contributed by atoms with Gasteiger partial charge in [-0.05, 0) is 25.7 Å². The maximum atomic E-state index is 11.6. The zero-order chi connectivity index (χ0) is 10.4. The smallest absolute Gasteiger partial charge is 0.139 e. The Hall–Kier alpha value is -0.590. The first-order valence-corrected chi connectivity index (χ1v) is 5.96. The minimum absolute atomic E-state index is 0.209. The number of unbranched alkanes of at least 4 members (excludes halogenated alkanes) is 2. The van der Waals surface area contributed by atoms with Gasteiger partial charge >= 0.3 is 0 Å². The largest absolute Gasteiger partial charge is 0.299 e. The third-order valence-electron chi connectivity index (χ3n) is 3.15. The lowest BCUT2D eigenvalue weighted by Gasteiger charge is -2.22. The van der Waals surface area contributed by atoms with E-state index in [1.807, 2.05) is 0 Å². The fourth-order valence-electron chi connectivity index (χ4n) is 2.19. The van der Waals surface area contributed by atoms with E-state index in [4.69, 9.17) is 0 Å². The third-order valence-corrected chi connectivity index (χ3v) is 3.15. The van der Waals surface area contributed by atoms with Gasteiger partial charge in [-0.15, -0.1) is 0 Å². The summed E-state index contributed by atoms with van der Waals surface area (Å²) >= 11 is 0. The van der Waals surface area contributed by atoms with Crippen LogP contribution in [-0.4, -0.2) is 5.78 Å². The van der Waals surface area contributed by atoms with Crippen molar-refractivity contribution in [3.8, 4) is 0 Å². The van der Waals surface area contributed by atoms with E-state index in [1.54, 1.807) is 0 Å². The molecule has 0 spiro atoms. The van der Waals surface area contributed by atoms with E-state index in [1.165, 1.54) is 31.3 Å². The highest BCUT2D eigenvalue weighted by Gasteiger charge is 2.23. The number of Topliss-reactive ketones (excluding diaryl/α,β-unsaturated/α-hetero) is 1. The molecule has 1 rings (SSSR count). The third kappa shape index (κ3) is 3.28. The van der Waals surface area contributed by atoms with Crippen LogP contribution in [0.2, 0.25) is 0 Å². The van der Waals surface area contributed by atoms with Gasteiger partial charge in [0.1, 0.15) is 5.78 Å². The Balaban J connectivity index is 2.31. The Labute approximate surface area is 87.6 Å². The van der Waals surface area contributed by atoms with E-state index in [-0.39, 0.29) is 5.92 Å². The Morgan fingerprint density at radius 2 is 2.21 bits per heavy atom. The van der Waals surface area contributed by atoms with Crippen molar-refractivity contribution in [1.82, 2.24) is 0 Å². The van der Waals surface area contributed by atoms with Gasteiger partial charge in [0.2, 0.25) is 0 Å². The first-order valence-electron chi connectivity index (χ1n) is 5.96. The summed E-state index contributed by atoms with van der Waals surface area (Å²) in [5, 5.41) is 0. The van der Waals surface area contributed by atoms with Gasteiger partial charge < -0.3 is 0 Å². The molecule has 1 atom stereocenters. The molecule has 1 aliphatic rings. The molecule has 80 valence electrons. The highest BCUT2D eigenvalue weighted by Crippen LogP contribution is 2.28. The fraction of sp³-hybridized carbons (Fsp3) is 0.769. The molecule has 0 saturated heterocycles. The van der Waals surface area contributed by atoms with Crippen molar-refractivity contribution in [2.24, 2.45) is 5.92 Å². The Morgan fingerprint density at radius 1 is 1.43 bits per heavy atom. The average Bonchev–Trinajstić information content (AvgIpc) is 2.18. The molecule has 1 aliphatic carbocycles. The monoisotopic (exact) mass is 194 g/mol. The van der Waals surface area contributed by atoms with E-state index in [0.29, 0.717) is 5.78 Å². The molecule has 14 heavy (non-hydrogen) atoms. The summed E-state index contributed by atoms with van der Waals surface area (Å²) in [6.07, 6.45) is 8.93. The number of rotatable bonds is 5. The molecular formula is C13H22O. The molecule has 0 aromatic carbocycles. The SMILES string of the molecule is C=C(CCCCC)C1CCCCC1=O. The van der Waals surface area contributed by atoms with Crippen LogP contribution in [0.3, 0.4) is 0 Å². The molecule has 1 unspecified atom stereocenters. The quantitative estimate of drug-likeness (QED) is 0.479. The number of carbonyl (C=O) groups is 1. The summed E-state index contributed by atoms with van der Waals surface area (Å²) in [7, 11) is 0. The van der Waals surface area contributed by atoms with Crippen LogP contribution in [0.15, 0.2) is 12.2 Å². The lowest BCUT2D eigenvalue weighted by atomic mass is 9.81. The Bertz CT molecular complexity index is 205. The van der Waals surface area contributed by atoms with Crippen molar-refractivity contribution < 1.29 is 4.79 Å². The van der Waals surface area contributed by atoms with Crippen molar-refractivity contribution in [1.29, 1.82) is 0 Å². The highest BCUT2D eigenvalue weighted by atomic mass is 16.1. The number of carbonyl (C=O) groups excluding carboxylic acids is 1. The van der Waals surface area contributed by atoms with Crippen LogP contribution < -0.4 is 0 Å². The second-order valence-corrected chi connectivity index (χ2v) is 4.38. The lowest BCUT2D eigenvalue weighted by molar-refractivity contribution is -0.123. The minimum Gasteiger partial charge on any atom is -0.299 e. The molecule has 0 aromatic heterocycles. The zero-order valence-corrected chi connectivity index (χ0v) is 9.35. The van der Waals surface area contributed by atoms with Crippen molar-refractivity contribution >= 4 is 5.78 Å². The van der Waals surface area contributed by atoms with Gasteiger partial charge in [0, 0.05) is 12.3 Å². The van der Waals surface area contributed by atoms with Gasteiger partial charge in [0.25, 0.3) is 0 Å². The molecular weight excluding hydrogens is 172 g/mol. The second-order valence-electron chi connectivity index (χ2n) is 4.38. The zero-order valence-electron chi connectivity index (χ0n) is 9.35. The predicted molar refractivity (Wildman–Crippen MR) is 60.2 cm³/mol. The molecule has 0 aromatic rings. The fourth-order valence-corrected chi connectivity index (χ4v) is 2.19. The second kappa shape index (κ2) is 6.00. The molecule has 1 saturated carbocycles. The van der Waals surface area contributed by atoms with Crippen LogP contribution in [0.5, 0.6) is 0 Å². The van der Waals surface area contributed by atoms with E-state index < -0.39 is 0 Å². The summed E-state index contributed by atoms with van der Waals surface area (Å²) in [5.41, 5.74) is 1.20. The van der Waals surface area contributed by atoms with Gasteiger partial charge in [-0.1, -0.05) is 38.3 Å². The summed E-state index contributed by atoms with van der Waals surface area (Å²) < 4.78 is 0. The van der Waals surface area contributed by atoms with Gasteiger partial charge in [0.15, 0.2) is 0 Å². The van der Waals surface area contributed by atoms with Crippen molar-refractivity contribution in [2.75, 3.05) is 0 Å². The van der Waals surface area contributed by atoms with Crippen LogP contribution in [0.1, 0.15) is 58.3 Å². The number of hydrogen-bond donors (Lipinski definition) is 0. The van der Waals surface area contributed by atoms with Crippen molar-refractivity contribution in [2.45, 2.75) is 58.3 Å². The molecule has 0 N–H and O–H groups in total. The van der Waals surface area contributed by atoms with Gasteiger partial charge in [-0.3, -0.25) is 4.79 Å². The van der Waals surface area contributed by atoms with Crippen molar-refractivity contribution in [3.63, 3.8) is 0 Å². The van der Waals surface area contributed by atoms with E-state index in [9.17, 15) is 4.79 Å². The summed E-state index contributed by atoms with van der Waals surface area (Å²) in [4.78, 5) is 11.6. The molecule has 0 heterocycles. The maximum absolute atomic E-state index is 11.6. The predicted octanol–water partition coefficient (Wildman–Crippen LogP) is 3.88. The van der Waals surface area contributed by atoms with Crippen LogP contribution in [0.25, 0.3) is 0 Å². The summed E-state index contributed by atoms with van der Waals surface area (Å²) in [6, 6.07) is 0. The van der Waals surface area contributed by atoms with Crippen LogP contribution in [0, 0.1) is 5.92 Å². The Morgan fingerprint density at radius 3 is 2.86 bits per heavy atom. The van der Waals surface area contributed by atoms with Crippen LogP contribution in [-0.2, 0) is 4.79 Å². The van der Waals surface area contributed by atoms with E-state index in [2.05, 4.69) is 13.5 Å². The first-order chi connectivity index (χ1) is 6.75. The normalized spacial score (nSPS) is 22.4. The Kier molecular flexibility index (Phi) is 4.92. The topological polar surface area (TPSA) is 17.1 Å². The van der Waals surface area contributed by atoms with Gasteiger partial charge in [-0.2, -0.15) is 0 Å². The van der Waals surface area contributed by atoms with Gasteiger partial charge in [-0.25, -0.2) is 0 Å². The minimum atomic E-state index is 0.209. The van der Waals surface area contributed by atoms with Crippen LogP contribution in [0.4, 0.5) is 0 Å². The number of allylic oxidation sites excluding steroid dienone is 1. The van der Waals surface area contributed by atoms with Gasteiger partial charge in [0.05, 0.1) is 0 Å². The molecule has 1 heteroatoms. The molecule has 1 fully saturated rings. The molecule has 0 bridgehead atoms.